The van der Waals surface area contributed by atoms with Crippen LogP contribution in [0.25, 0.3) is 0 Å². The second-order valence-electron chi connectivity index (χ2n) is 3.80. The van der Waals surface area contributed by atoms with Crippen molar-refractivity contribution >= 4 is 0 Å². The minimum Gasteiger partial charge on any atom is -0.0885 e. The first-order valence-electron chi connectivity index (χ1n) is 5.04. The Hall–Kier alpha value is -0.260. The van der Waals surface area contributed by atoms with Gasteiger partial charge in [-0.1, -0.05) is 44.8 Å². The zero-order valence-corrected chi connectivity index (χ0v) is 7.68. The van der Waals surface area contributed by atoms with Gasteiger partial charge in [0.25, 0.3) is 0 Å². The van der Waals surface area contributed by atoms with Crippen molar-refractivity contribution < 1.29 is 0 Å². The van der Waals surface area contributed by atoms with Crippen LogP contribution in [-0.2, 0) is 0 Å². The standard InChI is InChI=1S/C11H20/c1-11-9-7-5-3-2-4-6-8-10-11/h5,7,11H,2-4,6,8-10H2,1H3/b7-5-. The average molecular weight is 152 g/mol. The number of allylic oxidation sites excluding steroid dienone is 2. The molecule has 0 heteroatoms. The van der Waals surface area contributed by atoms with Crippen LogP contribution in [0, 0.1) is 5.92 Å². The molecule has 0 aromatic heterocycles. The summed E-state index contributed by atoms with van der Waals surface area (Å²) in [6.45, 7) is 2.37. The molecule has 0 radical (unpaired) electrons. The summed E-state index contributed by atoms with van der Waals surface area (Å²) in [4.78, 5) is 0. The van der Waals surface area contributed by atoms with E-state index < -0.39 is 0 Å². The van der Waals surface area contributed by atoms with E-state index in [2.05, 4.69) is 19.1 Å². The highest BCUT2D eigenvalue weighted by Crippen LogP contribution is 2.16. The molecular weight excluding hydrogens is 132 g/mol. The van der Waals surface area contributed by atoms with Gasteiger partial charge in [-0.25, -0.2) is 0 Å². The molecule has 1 rings (SSSR count). The lowest BCUT2D eigenvalue weighted by atomic mass is 9.97. The van der Waals surface area contributed by atoms with Crippen molar-refractivity contribution in [1.29, 1.82) is 0 Å². The Kier molecular flexibility index (Phi) is 4.33. The smallest absolute Gasteiger partial charge is 0.0325 e. The molecular formula is C11H20. The van der Waals surface area contributed by atoms with Gasteiger partial charge < -0.3 is 0 Å². The molecule has 1 aliphatic rings. The summed E-state index contributed by atoms with van der Waals surface area (Å²) in [5, 5.41) is 0. The summed E-state index contributed by atoms with van der Waals surface area (Å²) in [5.74, 6) is 0.921. The summed E-state index contributed by atoms with van der Waals surface area (Å²) in [6.07, 6.45) is 14.5. The van der Waals surface area contributed by atoms with Gasteiger partial charge in [0.1, 0.15) is 0 Å². The first kappa shape index (κ1) is 8.83. The van der Waals surface area contributed by atoms with E-state index in [0.717, 1.165) is 5.92 Å². The first-order chi connectivity index (χ1) is 5.39. The summed E-state index contributed by atoms with van der Waals surface area (Å²) in [6, 6.07) is 0. The molecule has 0 nitrogen and oxygen atoms in total. The zero-order valence-electron chi connectivity index (χ0n) is 7.68. The van der Waals surface area contributed by atoms with Gasteiger partial charge in [0.05, 0.1) is 0 Å². The van der Waals surface area contributed by atoms with Gasteiger partial charge in [0.2, 0.25) is 0 Å². The van der Waals surface area contributed by atoms with Gasteiger partial charge in [0, 0.05) is 0 Å². The SMILES string of the molecule is CC1C/C=C\CCCCCC1. The van der Waals surface area contributed by atoms with E-state index in [1.165, 1.54) is 44.9 Å². The van der Waals surface area contributed by atoms with Crippen LogP contribution in [0.1, 0.15) is 51.9 Å². The van der Waals surface area contributed by atoms with Crippen LogP contribution in [0.2, 0.25) is 0 Å². The Morgan fingerprint density at radius 2 is 1.82 bits per heavy atom. The molecule has 0 fully saturated rings. The highest BCUT2D eigenvalue weighted by atomic mass is 14.1. The van der Waals surface area contributed by atoms with Gasteiger partial charge in [-0.2, -0.15) is 0 Å². The fraction of sp³-hybridized carbons (Fsp3) is 0.818. The lowest BCUT2D eigenvalue weighted by Gasteiger charge is -2.09. The van der Waals surface area contributed by atoms with Crippen molar-refractivity contribution in [1.82, 2.24) is 0 Å². The normalized spacial score (nSPS) is 31.2. The Balaban J connectivity index is 2.25. The monoisotopic (exact) mass is 152 g/mol. The van der Waals surface area contributed by atoms with E-state index in [-0.39, 0.29) is 0 Å². The second kappa shape index (κ2) is 5.40. The Morgan fingerprint density at radius 3 is 2.73 bits per heavy atom. The van der Waals surface area contributed by atoms with Gasteiger partial charge in [-0.15, -0.1) is 0 Å². The van der Waals surface area contributed by atoms with E-state index >= 15 is 0 Å². The molecule has 0 heterocycles. The van der Waals surface area contributed by atoms with Crippen molar-refractivity contribution in [3.05, 3.63) is 12.2 Å². The second-order valence-corrected chi connectivity index (χ2v) is 3.80. The van der Waals surface area contributed by atoms with Crippen molar-refractivity contribution in [2.45, 2.75) is 51.9 Å². The molecule has 0 aromatic rings. The minimum atomic E-state index is 0.921. The maximum atomic E-state index is 2.37. The van der Waals surface area contributed by atoms with Crippen molar-refractivity contribution in [3.8, 4) is 0 Å². The molecule has 0 saturated heterocycles. The Morgan fingerprint density at radius 1 is 1.00 bits per heavy atom. The van der Waals surface area contributed by atoms with Crippen LogP contribution in [-0.4, -0.2) is 0 Å². The maximum Gasteiger partial charge on any atom is -0.0325 e. The molecule has 1 aliphatic carbocycles. The Labute approximate surface area is 70.7 Å². The van der Waals surface area contributed by atoms with Crippen molar-refractivity contribution in [3.63, 3.8) is 0 Å². The fourth-order valence-electron chi connectivity index (χ4n) is 1.67. The highest BCUT2D eigenvalue weighted by Gasteiger charge is 2.00. The predicted molar refractivity (Wildman–Crippen MR) is 50.6 cm³/mol. The van der Waals surface area contributed by atoms with E-state index in [4.69, 9.17) is 0 Å². The van der Waals surface area contributed by atoms with Crippen molar-refractivity contribution in [2.75, 3.05) is 0 Å². The topological polar surface area (TPSA) is 0 Å². The molecule has 64 valence electrons. The zero-order chi connectivity index (χ0) is 7.94. The molecule has 0 bridgehead atoms. The lowest BCUT2D eigenvalue weighted by Crippen LogP contribution is -1.93. The summed E-state index contributed by atoms with van der Waals surface area (Å²) < 4.78 is 0. The average Bonchev–Trinajstić information content (AvgIpc) is 2.03. The van der Waals surface area contributed by atoms with Gasteiger partial charge in [0.15, 0.2) is 0 Å². The first-order valence-corrected chi connectivity index (χ1v) is 5.04. The maximum absolute atomic E-state index is 2.37. The van der Waals surface area contributed by atoms with Crippen LogP contribution in [0.5, 0.6) is 0 Å². The molecule has 0 N–H and O–H groups in total. The van der Waals surface area contributed by atoms with Crippen LogP contribution in [0.15, 0.2) is 12.2 Å². The van der Waals surface area contributed by atoms with E-state index in [1.54, 1.807) is 0 Å². The number of hydrogen-bond acceptors (Lipinski definition) is 0. The third-order valence-corrected chi connectivity index (χ3v) is 2.52. The lowest BCUT2D eigenvalue weighted by molar-refractivity contribution is 0.486. The van der Waals surface area contributed by atoms with E-state index in [9.17, 15) is 0 Å². The quantitative estimate of drug-likeness (QED) is 0.461. The molecule has 11 heavy (non-hydrogen) atoms. The van der Waals surface area contributed by atoms with Gasteiger partial charge in [-0.3, -0.25) is 0 Å². The third-order valence-electron chi connectivity index (χ3n) is 2.52. The molecule has 1 atom stereocenters. The fourth-order valence-corrected chi connectivity index (χ4v) is 1.67. The van der Waals surface area contributed by atoms with E-state index in [1.807, 2.05) is 0 Å². The summed E-state index contributed by atoms with van der Waals surface area (Å²) >= 11 is 0. The Bertz CT molecular complexity index is 113. The highest BCUT2D eigenvalue weighted by molar-refractivity contribution is 4.83. The molecule has 0 aliphatic heterocycles. The third kappa shape index (κ3) is 4.23. The van der Waals surface area contributed by atoms with Gasteiger partial charge in [-0.05, 0) is 25.2 Å². The summed E-state index contributed by atoms with van der Waals surface area (Å²) in [5.41, 5.74) is 0. The molecule has 0 spiro atoms. The molecule has 0 amide bonds. The van der Waals surface area contributed by atoms with Crippen LogP contribution in [0.4, 0.5) is 0 Å². The predicted octanol–water partition coefficient (Wildman–Crippen LogP) is 3.92. The molecule has 0 aromatic carbocycles. The van der Waals surface area contributed by atoms with E-state index in [0.29, 0.717) is 0 Å². The van der Waals surface area contributed by atoms with Crippen LogP contribution >= 0.6 is 0 Å². The number of rotatable bonds is 0. The van der Waals surface area contributed by atoms with Crippen molar-refractivity contribution in [2.24, 2.45) is 5.92 Å². The van der Waals surface area contributed by atoms with Gasteiger partial charge >= 0.3 is 0 Å². The summed E-state index contributed by atoms with van der Waals surface area (Å²) in [7, 11) is 0. The minimum absolute atomic E-state index is 0.921. The largest absolute Gasteiger partial charge is 0.0885 e. The number of hydrogen-bond donors (Lipinski definition) is 0. The van der Waals surface area contributed by atoms with Crippen LogP contribution < -0.4 is 0 Å². The molecule has 0 saturated carbocycles. The van der Waals surface area contributed by atoms with Crippen LogP contribution in [0.3, 0.4) is 0 Å². The molecule has 1 unspecified atom stereocenters.